The molecule has 1 saturated heterocycles. The van der Waals surface area contributed by atoms with Crippen LogP contribution in [-0.2, 0) is 4.79 Å². The second-order valence-electron chi connectivity index (χ2n) is 5.38. The van der Waals surface area contributed by atoms with Gasteiger partial charge in [-0.25, -0.2) is 4.98 Å². The van der Waals surface area contributed by atoms with Gasteiger partial charge in [0.1, 0.15) is 0 Å². The predicted octanol–water partition coefficient (Wildman–Crippen LogP) is 4.37. The first-order valence-corrected chi connectivity index (χ1v) is 9.31. The molecule has 0 atom stereocenters. The lowest BCUT2D eigenvalue weighted by Crippen LogP contribution is -2.23. The molecule has 1 aromatic carbocycles. The fraction of sp³-hybridized carbons (Fsp3) is 0.0556. The molecule has 0 aliphatic carbocycles. The van der Waals surface area contributed by atoms with E-state index in [9.17, 15) is 4.79 Å². The molecule has 7 heteroatoms. The van der Waals surface area contributed by atoms with E-state index < -0.39 is 0 Å². The number of aromatic nitrogens is 2. The van der Waals surface area contributed by atoms with E-state index in [0.717, 1.165) is 17.0 Å². The van der Waals surface area contributed by atoms with Crippen molar-refractivity contribution in [2.75, 3.05) is 7.05 Å². The Hall–Kier alpha value is -2.64. The molecule has 1 aliphatic heterocycles. The summed E-state index contributed by atoms with van der Waals surface area (Å²) >= 11 is 2.82. The van der Waals surface area contributed by atoms with E-state index in [1.54, 1.807) is 11.9 Å². The van der Waals surface area contributed by atoms with Crippen molar-refractivity contribution in [3.05, 3.63) is 64.6 Å². The van der Waals surface area contributed by atoms with Crippen LogP contribution in [0.4, 0.5) is 5.13 Å². The second-order valence-corrected chi connectivity index (χ2v) is 7.22. The van der Waals surface area contributed by atoms with Gasteiger partial charge in [0.2, 0.25) is 5.13 Å². The molecule has 124 valence electrons. The Bertz CT molecular complexity index is 958. The van der Waals surface area contributed by atoms with Crippen molar-refractivity contribution in [2.45, 2.75) is 0 Å². The lowest BCUT2D eigenvalue weighted by Gasteiger charge is -2.05. The molecule has 5 nitrogen and oxygen atoms in total. The summed E-state index contributed by atoms with van der Waals surface area (Å²) in [5.41, 5.74) is 2.84. The van der Waals surface area contributed by atoms with E-state index in [-0.39, 0.29) is 5.91 Å². The van der Waals surface area contributed by atoms with Crippen LogP contribution in [0.1, 0.15) is 5.69 Å². The van der Waals surface area contributed by atoms with Crippen molar-refractivity contribution in [3.8, 4) is 11.3 Å². The average Bonchev–Trinajstić information content (AvgIpc) is 3.36. The Balaban J connectivity index is 1.60. The minimum absolute atomic E-state index is 0.0572. The fourth-order valence-corrected chi connectivity index (χ4v) is 4.08. The number of amidine groups is 1. The average molecular weight is 366 g/mol. The van der Waals surface area contributed by atoms with Crippen LogP contribution in [0.3, 0.4) is 0 Å². The van der Waals surface area contributed by atoms with Crippen LogP contribution < -0.4 is 0 Å². The van der Waals surface area contributed by atoms with E-state index in [2.05, 4.69) is 15.0 Å². The van der Waals surface area contributed by atoms with Gasteiger partial charge < -0.3 is 4.98 Å². The van der Waals surface area contributed by atoms with E-state index in [1.807, 2.05) is 60.1 Å². The van der Waals surface area contributed by atoms with Crippen LogP contribution in [0.15, 0.2) is 63.9 Å². The smallest absolute Gasteiger partial charge is 0.266 e. The van der Waals surface area contributed by atoms with Gasteiger partial charge in [0.15, 0.2) is 5.17 Å². The predicted molar refractivity (Wildman–Crippen MR) is 104 cm³/mol. The van der Waals surface area contributed by atoms with Crippen molar-refractivity contribution in [3.63, 3.8) is 0 Å². The number of thioether (sulfide) groups is 1. The number of likely N-dealkylation sites (N-methyl/N-ethyl adjacent to an activating group) is 1. The molecule has 2 aromatic heterocycles. The lowest BCUT2D eigenvalue weighted by molar-refractivity contribution is -0.121. The molecule has 3 heterocycles. The van der Waals surface area contributed by atoms with Gasteiger partial charge in [-0.2, -0.15) is 4.99 Å². The third-order valence-corrected chi connectivity index (χ3v) is 5.46. The molecule has 3 aromatic rings. The Morgan fingerprint density at radius 2 is 2.04 bits per heavy atom. The van der Waals surface area contributed by atoms with E-state index in [4.69, 9.17) is 0 Å². The first kappa shape index (κ1) is 15.9. The first-order chi connectivity index (χ1) is 12.2. The first-order valence-electron chi connectivity index (χ1n) is 7.61. The number of benzene rings is 1. The van der Waals surface area contributed by atoms with Crippen LogP contribution in [-0.4, -0.2) is 33.0 Å². The topological polar surface area (TPSA) is 61.4 Å². The van der Waals surface area contributed by atoms with Gasteiger partial charge in [-0.1, -0.05) is 30.3 Å². The number of thiazole rings is 1. The van der Waals surface area contributed by atoms with Gasteiger partial charge >= 0.3 is 0 Å². The van der Waals surface area contributed by atoms with Crippen LogP contribution in [0.2, 0.25) is 0 Å². The highest BCUT2D eigenvalue weighted by atomic mass is 32.2. The molecule has 1 amide bonds. The molecular weight excluding hydrogens is 352 g/mol. The summed E-state index contributed by atoms with van der Waals surface area (Å²) in [6, 6.07) is 13.8. The zero-order chi connectivity index (χ0) is 17.2. The van der Waals surface area contributed by atoms with Gasteiger partial charge in [0, 0.05) is 29.9 Å². The Morgan fingerprint density at radius 1 is 1.20 bits per heavy atom. The molecular formula is C18H14N4OS2. The number of rotatable bonds is 3. The quantitative estimate of drug-likeness (QED) is 0.700. The standard InChI is InChI=1S/C18H14N4OS2/c1-22-16(23)15(10-13-8-5-9-19-13)25-18(22)21-17-20-14(11-24-17)12-6-3-2-4-7-12/h2-11,19H,1H3/b15-10+,21-18+. The monoisotopic (exact) mass is 366 g/mol. The molecule has 1 N–H and O–H groups in total. The maximum Gasteiger partial charge on any atom is 0.266 e. The molecule has 4 rings (SSSR count). The summed E-state index contributed by atoms with van der Waals surface area (Å²) in [5, 5.41) is 3.25. The number of hydrogen-bond donors (Lipinski definition) is 1. The van der Waals surface area contributed by atoms with E-state index >= 15 is 0 Å². The fourth-order valence-electron chi connectivity index (χ4n) is 2.37. The third kappa shape index (κ3) is 3.29. The van der Waals surface area contributed by atoms with Gasteiger partial charge in [0.05, 0.1) is 10.6 Å². The van der Waals surface area contributed by atoms with Gasteiger partial charge in [-0.05, 0) is 30.0 Å². The van der Waals surface area contributed by atoms with Crippen molar-refractivity contribution < 1.29 is 4.79 Å². The normalized spacial score (nSPS) is 17.8. The number of carbonyl (C=O) groups excluding carboxylic acids is 1. The minimum atomic E-state index is -0.0572. The highest BCUT2D eigenvalue weighted by Crippen LogP contribution is 2.34. The van der Waals surface area contributed by atoms with Crippen LogP contribution >= 0.6 is 23.1 Å². The molecule has 0 bridgehead atoms. The number of nitrogens with zero attached hydrogens (tertiary/aromatic N) is 3. The summed E-state index contributed by atoms with van der Waals surface area (Å²) < 4.78 is 0. The summed E-state index contributed by atoms with van der Waals surface area (Å²) in [4.78, 5) is 26.8. The van der Waals surface area contributed by atoms with Crippen LogP contribution in [0, 0.1) is 0 Å². The number of carbonyl (C=O) groups is 1. The Kier molecular flexibility index (Phi) is 4.25. The molecule has 25 heavy (non-hydrogen) atoms. The number of aromatic amines is 1. The van der Waals surface area contributed by atoms with E-state index in [1.165, 1.54) is 23.1 Å². The summed E-state index contributed by atoms with van der Waals surface area (Å²) in [6.07, 6.45) is 3.67. The summed E-state index contributed by atoms with van der Waals surface area (Å²) in [6.45, 7) is 0. The number of nitrogens with one attached hydrogen (secondary N) is 1. The molecule has 0 spiro atoms. The zero-order valence-corrected chi connectivity index (χ0v) is 15.0. The Labute approximate surface area is 153 Å². The van der Waals surface area contributed by atoms with E-state index in [0.29, 0.717) is 15.2 Å². The van der Waals surface area contributed by atoms with Crippen molar-refractivity contribution in [1.82, 2.24) is 14.9 Å². The highest BCUT2D eigenvalue weighted by molar-refractivity contribution is 8.18. The molecule has 1 aliphatic rings. The maximum atomic E-state index is 12.4. The number of H-pyrrole nitrogens is 1. The second kappa shape index (κ2) is 6.70. The van der Waals surface area contributed by atoms with Crippen LogP contribution in [0.5, 0.6) is 0 Å². The molecule has 0 unspecified atom stereocenters. The summed E-state index contributed by atoms with van der Waals surface area (Å²) in [5.74, 6) is -0.0572. The third-order valence-electron chi connectivity index (χ3n) is 3.67. The van der Waals surface area contributed by atoms with Crippen LogP contribution in [0.25, 0.3) is 17.3 Å². The van der Waals surface area contributed by atoms with Crippen molar-refractivity contribution in [1.29, 1.82) is 0 Å². The number of amides is 1. The number of aliphatic imine (C=N–C) groups is 1. The molecule has 0 saturated carbocycles. The lowest BCUT2D eigenvalue weighted by atomic mass is 10.2. The number of hydrogen-bond acceptors (Lipinski definition) is 5. The Morgan fingerprint density at radius 3 is 2.80 bits per heavy atom. The zero-order valence-electron chi connectivity index (χ0n) is 13.3. The van der Waals surface area contributed by atoms with Gasteiger partial charge in [0.25, 0.3) is 5.91 Å². The molecule has 0 radical (unpaired) electrons. The van der Waals surface area contributed by atoms with Gasteiger partial charge in [-0.15, -0.1) is 11.3 Å². The summed E-state index contributed by atoms with van der Waals surface area (Å²) in [7, 11) is 1.73. The van der Waals surface area contributed by atoms with Crippen molar-refractivity contribution in [2.24, 2.45) is 4.99 Å². The maximum absolute atomic E-state index is 12.4. The largest absolute Gasteiger partial charge is 0.362 e. The molecule has 1 fully saturated rings. The SMILES string of the molecule is CN1C(=O)/C(=C\c2ccc[nH]2)S/C1=N/c1nc(-c2ccccc2)cs1. The highest BCUT2D eigenvalue weighted by Gasteiger charge is 2.30. The minimum Gasteiger partial charge on any atom is -0.362 e. The van der Waals surface area contributed by atoms with Gasteiger partial charge in [-0.3, -0.25) is 9.69 Å². The van der Waals surface area contributed by atoms with Crippen molar-refractivity contribution >= 4 is 45.4 Å².